The van der Waals surface area contributed by atoms with Crippen molar-refractivity contribution in [2.45, 2.75) is 4.90 Å². The molecule has 1 aromatic heterocycles. The van der Waals surface area contributed by atoms with Crippen LogP contribution >= 0.6 is 0 Å². The highest BCUT2D eigenvalue weighted by molar-refractivity contribution is 7.92. The Kier molecular flexibility index (Phi) is 5.65. The Labute approximate surface area is 184 Å². The van der Waals surface area contributed by atoms with Gasteiger partial charge >= 0.3 is 0 Å². The predicted molar refractivity (Wildman–Crippen MR) is 122 cm³/mol. The Bertz CT molecular complexity index is 1400. The number of phenolic OH excluding ortho intramolecular Hbond substituents is 1. The van der Waals surface area contributed by atoms with Crippen molar-refractivity contribution in [1.82, 2.24) is 4.98 Å². The molecule has 0 saturated carbocycles. The molecule has 162 valence electrons. The quantitative estimate of drug-likeness (QED) is 0.383. The fraction of sp³-hybridized carbons (Fsp3) is 0.0435. The molecule has 1 heterocycles. The lowest BCUT2D eigenvalue weighted by Gasteiger charge is -2.12. The molecule has 0 saturated heterocycles. The number of nitrogens with one attached hydrogen (secondary N) is 2. The van der Waals surface area contributed by atoms with Gasteiger partial charge in [0.1, 0.15) is 11.5 Å². The average molecular weight is 449 g/mol. The van der Waals surface area contributed by atoms with Gasteiger partial charge in [-0.1, -0.05) is 12.1 Å². The first kappa shape index (κ1) is 21.1. The smallest absolute Gasteiger partial charge is 0.261 e. The number of anilines is 2. The van der Waals surface area contributed by atoms with Gasteiger partial charge in [0.2, 0.25) is 0 Å². The maximum atomic E-state index is 12.9. The average Bonchev–Trinajstić information content (AvgIpc) is 2.80. The van der Waals surface area contributed by atoms with E-state index in [1.54, 1.807) is 60.8 Å². The van der Waals surface area contributed by atoms with Crippen molar-refractivity contribution in [2.75, 3.05) is 17.1 Å². The van der Waals surface area contributed by atoms with Gasteiger partial charge in [0.15, 0.2) is 0 Å². The number of nitrogens with zero attached hydrogens (tertiary/aromatic N) is 1. The maximum Gasteiger partial charge on any atom is 0.261 e. The number of aromatic hydroxyl groups is 1. The number of carbonyl (C=O) groups is 1. The van der Waals surface area contributed by atoms with Crippen LogP contribution in [0.25, 0.3) is 10.9 Å². The molecule has 1 amide bonds. The zero-order chi connectivity index (χ0) is 22.7. The summed E-state index contributed by atoms with van der Waals surface area (Å²) < 4.78 is 33.1. The SMILES string of the molecule is COc1ccc(NS(=O)(=O)c2ccc(O)c(NC(=O)c3cccc4ncccc34)c2)cc1. The molecule has 0 aliphatic carbocycles. The zero-order valence-electron chi connectivity index (χ0n) is 16.9. The van der Waals surface area contributed by atoms with Gasteiger partial charge in [0.05, 0.1) is 23.2 Å². The number of rotatable bonds is 6. The molecule has 4 aromatic rings. The summed E-state index contributed by atoms with van der Waals surface area (Å²) in [4.78, 5) is 17.0. The van der Waals surface area contributed by atoms with Gasteiger partial charge in [-0.2, -0.15) is 0 Å². The molecule has 0 bridgehead atoms. The second kappa shape index (κ2) is 8.56. The normalized spacial score (nSPS) is 11.2. The molecular formula is C23H19N3O5S. The van der Waals surface area contributed by atoms with Crippen molar-refractivity contribution in [2.24, 2.45) is 0 Å². The van der Waals surface area contributed by atoms with Crippen molar-refractivity contribution in [3.05, 3.63) is 84.6 Å². The number of hydrogen-bond acceptors (Lipinski definition) is 6. The van der Waals surface area contributed by atoms with E-state index in [2.05, 4.69) is 15.0 Å². The second-order valence-electron chi connectivity index (χ2n) is 6.84. The lowest BCUT2D eigenvalue weighted by molar-refractivity contribution is 0.102. The van der Waals surface area contributed by atoms with Crippen LogP contribution in [0.1, 0.15) is 10.4 Å². The Hall–Kier alpha value is -4.11. The van der Waals surface area contributed by atoms with Crippen LogP contribution in [-0.4, -0.2) is 31.5 Å². The third-order valence-electron chi connectivity index (χ3n) is 4.76. The number of amides is 1. The third-order valence-corrected chi connectivity index (χ3v) is 6.14. The van der Waals surface area contributed by atoms with E-state index in [4.69, 9.17) is 4.74 Å². The van der Waals surface area contributed by atoms with Crippen LogP contribution in [0.3, 0.4) is 0 Å². The molecule has 4 rings (SSSR count). The van der Waals surface area contributed by atoms with Crippen LogP contribution in [0, 0.1) is 0 Å². The molecule has 0 aliphatic rings. The number of methoxy groups -OCH3 is 1. The molecule has 0 atom stereocenters. The van der Waals surface area contributed by atoms with E-state index in [0.717, 1.165) is 0 Å². The van der Waals surface area contributed by atoms with E-state index in [1.165, 1.54) is 25.3 Å². The van der Waals surface area contributed by atoms with E-state index < -0.39 is 15.9 Å². The highest BCUT2D eigenvalue weighted by Crippen LogP contribution is 2.29. The van der Waals surface area contributed by atoms with Crippen molar-refractivity contribution in [3.8, 4) is 11.5 Å². The Morgan fingerprint density at radius 3 is 2.53 bits per heavy atom. The molecule has 0 aliphatic heterocycles. The first-order chi connectivity index (χ1) is 15.4. The van der Waals surface area contributed by atoms with Crippen LogP contribution in [-0.2, 0) is 10.0 Å². The summed E-state index contributed by atoms with van der Waals surface area (Å²) in [5.74, 6) is -0.178. The number of carbonyl (C=O) groups excluding carboxylic acids is 1. The highest BCUT2D eigenvalue weighted by Gasteiger charge is 2.18. The van der Waals surface area contributed by atoms with E-state index in [9.17, 15) is 18.3 Å². The Balaban J connectivity index is 1.61. The van der Waals surface area contributed by atoms with Gasteiger partial charge in [-0.05, 0) is 60.7 Å². The molecule has 0 spiro atoms. The molecule has 8 nitrogen and oxygen atoms in total. The number of ether oxygens (including phenoxy) is 1. The van der Waals surface area contributed by atoms with Crippen LogP contribution in [0.15, 0.2) is 83.9 Å². The van der Waals surface area contributed by atoms with E-state index in [1.807, 2.05) is 0 Å². The van der Waals surface area contributed by atoms with Crippen molar-refractivity contribution < 1.29 is 23.1 Å². The number of aromatic nitrogens is 1. The highest BCUT2D eigenvalue weighted by atomic mass is 32.2. The van der Waals surface area contributed by atoms with Gasteiger partial charge in [-0.15, -0.1) is 0 Å². The number of hydrogen-bond donors (Lipinski definition) is 3. The van der Waals surface area contributed by atoms with Crippen LogP contribution in [0.2, 0.25) is 0 Å². The van der Waals surface area contributed by atoms with Crippen LogP contribution in [0.5, 0.6) is 11.5 Å². The van der Waals surface area contributed by atoms with E-state index in [-0.39, 0.29) is 16.3 Å². The van der Waals surface area contributed by atoms with Crippen molar-refractivity contribution in [1.29, 1.82) is 0 Å². The maximum absolute atomic E-state index is 12.9. The molecule has 0 unspecified atom stereocenters. The van der Waals surface area contributed by atoms with E-state index >= 15 is 0 Å². The Morgan fingerprint density at radius 1 is 1.00 bits per heavy atom. The molecule has 3 N–H and O–H groups in total. The molecule has 9 heteroatoms. The molecular weight excluding hydrogens is 430 g/mol. The number of pyridine rings is 1. The summed E-state index contributed by atoms with van der Waals surface area (Å²) in [6, 6.07) is 18.6. The van der Waals surface area contributed by atoms with Gasteiger partial charge in [0.25, 0.3) is 15.9 Å². The summed E-state index contributed by atoms with van der Waals surface area (Å²) in [7, 11) is -2.46. The largest absolute Gasteiger partial charge is 0.506 e. The minimum Gasteiger partial charge on any atom is -0.506 e. The summed E-state index contributed by atoms with van der Waals surface area (Å²) in [6.45, 7) is 0. The lowest BCUT2D eigenvalue weighted by atomic mass is 10.1. The van der Waals surface area contributed by atoms with Crippen LogP contribution < -0.4 is 14.8 Å². The van der Waals surface area contributed by atoms with E-state index in [0.29, 0.717) is 27.9 Å². The van der Waals surface area contributed by atoms with Gasteiger partial charge in [-0.25, -0.2) is 8.42 Å². The second-order valence-corrected chi connectivity index (χ2v) is 8.53. The summed E-state index contributed by atoms with van der Waals surface area (Å²) in [5, 5.41) is 13.4. The minimum absolute atomic E-state index is 0.0338. The fourth-order valence-electron chi connectivity index (χ4n) is 3.15. The van der Waals surface area contributed by atoms with Gasteiger partial charge in [0, 0.05) is 22.8 Å². The molecule has 3 aromatic carbocycles. The monoisotopic (exact) mass is 449 g/mol. The fourth-order valence-corrected chi connectivity index (χ4v) is 4.23. The first-order valence-corrected chi connectivity index (χ1v) is 11.0. The molecule has 0 fully saturated rings. The summed E-state index contributed by atoms with van der Waals surface area (Å²) >= 11 is 0. The standard InChI is InChI=1S/C23H19N3O5S/c1-31-16-9-7-15(8-10-16)26-32(29,30)17-11-12-22(27)21(14-17)25-23(28)19-4-2-6-20-18(19)5-3-13-24-20/h2-14,26-27H,1H3,(H,25,28). The minimum atomic E-state index is -3.97. The zero-order valence-corrected chi connectivity index (χ0v) is 17.8. The molecule has 0 radical (unpaired) electrons. The summed E-state index contributed by atoms with van der Waals surface area (Å²) in [5.41, 5.74) is 1.30. The summed E-state index contributed by atoms with van der Waals surface area (Å²) in [6.07, 6.45) is 1.62. The number of sulfonamides is 1. The number of fused-ring (bicyclic) bond motifs is 1. The topological polar surface area (TPSA) is 118 Å². The van der Waals surface area contributed by atoms with Gasteiger partial charge < -0.3 is 15.2 Å². The third kappa shape index (κ3) is 4.33. The number of phenols is 1. The lowest BCUT2D eigenvalue weighted by Crippen LogP contribution is -2.15. The van der Waals surface area contributed by atoms with Crippen LogP contribution in [0.4, 0.5) is 11.4 Å². The predicted octanol–water partition coefficient (Wildman–Crippen LogP) is 4.00. The van der Waals surface area contributed by atoms with Crippen molar-refractivity contribution in [3.63, 3.8) is 0 Å². The first-order valence-electron chi connectivity index (χ1n) is 9.52. The Morgan fingerprint density at radius 2 is 1.78 bits per heavy atom. The van der Waals surface area contributed by atoms with Gasteiger partial charge in [-0.3, -0.25) is 14.5 Å². The number of benzene rings is 3. The molecule has 32 heavy (non-hydrogen) atoms. The van der Waals surface area contributed by atoms with Crippen molar-refractivity contribution >= 4 is 38.2 Å².